The molecule has 100 valence electrons. The van der Waals surface area contributed by atoms with Crippen LogP contribution in [-0.4, -0.2) is 36.8 Å². The van der Waals surface area contributed by atoms with Crippen molar-refractivity contribution in [2.24, 2.45) is 5.73 Å². The second-order valence-corrected chi connectivity index (χ2v) is 3.94. The lowest BCUT2D eigenvalue weighted by atomic mass is 10.1. The fourth-order valence-corrected chi connectivity index (χ4v) is 1.55. The number of aliphatic hydroxyl groups is 1. The number of nitrogens with one attached hydrogen (secondary N) is 1. The lowest BCUT2D eigenvalue weighted by Gasteiger charge is -2.15. The van der Waals surface area contributed by atoms with Crippen LogP contribution in [-0.2, 0) is 11.2 Å². The number of hydrogen-bond acceptors (Lipinski definition) is 4. The third-order valence-electron chi connectivity index (χ3n) is 2.53. The van der Waals surface area contributed by atoms with Crippen molar-refractivity contribution in [1.82, 2.24) is 5.32 Å². The molecule has 0 spiro atoms. The van der Waals surface area contributed by atoms with E-state index in [1.807, 2.05) is 31.2 Å². The summed E-state index contributed by atoms with van der Waals surface area (Å²) < 4.78 is 5.49. The van der Waals surface area contributed by atoms with Gasteiger partial charge in [-0.2, -0.15) is 0 Å². The zero-order chi connectivity index (χ0) is 13.4. The Hall–Kier alpha value is -1.59. The van der Waals surface area contributed by atoms with Crippen molar-refractivity contribution in [1.29, 1.82) is 0 Å². The van der Waals surface area contributed by atoms with Crippen LogP contribution in [0.25, 0.3) is 0 Å². The summed E-state index contributed by atoms with van der Waals surface area (Å²) in [5, 5.41) is 11.7. The van der Waals surface area contributed by atoms with Crippen molar-refractivity contribution in [2.45, 2.75) is 19.4 Å². The molecule has 4 N–H and O–H groups in total. The van der Waals surface area contributed by atoms with Gasteiger partial charge in [0, 0.05) is 6.61 Å². The molecule has 5 heteroatoms. The Morgan fingerprint density at radius 3 is 2.61 bits per heavy atom. The Labute approximate surface area is 107 Å². The number of aliphatic hydroxyl groups excluding tert-OH is 1. The van der Waals surface area contributed by atoms with E-state index in [0.29, 0.717) is 18.7 Å². The lowest BCUT2D eigenvalue weighted by molar-refractivity contribution is -0.120. The van der Waals surface area contributed by atoms with E-state index in [4.69, 9.17) is 15.6 Å². The lowest BCUT2D eigenvalue weighted by Crippen LogP contribution is -2.45. The first-order chi connectivity index (χ1) is 8.67. The standard InChI is InChI=1S/C13H20N2O3/c1-2-15-12(13(14)17)9-18-11-5-3-10(4-6-11)7-8-16/h3-6,12,15-16H,2,7-9H2,1H3,(H2,14,17). The highest BCUT2D eigenvalue weighted by atomic mass is 16.5. The number of ether oxygens (including phenoxy) is 1. The fourth-order valence-electron chi connectivity index (χ4n) is 1.55. The summed E-state index contributed by atoms with van der Waals surface area (Å²) >= 11 is 0. The third kappa shape index (κ3) is 4.73. The molecule has 0 saturated heterocycles. The van der Waals surface area contributed by atoms with Crippen LogP contribution in [0.3, 0.4) is 0 Å². The van der Waals surface area contributed by atoms with Crippen LogP contribution in [0.15, 0.2) is 24.3 Å². The summed E-state index contributed by atoms with van der Waals surface area (Å²) in [5.41, 5.74) is 6.29. The third-order valence-corrected chi connectivity index (χ3v) is 2.53. The molecule has 0 aliphatic heterocycles. The maximum absolute atomic E-state index is 11.1. The maximum atomic E-state index is 11.1. The maximum Gasteiger partial charge on any atom is 0.238 e. The molecule has 1 rings (SSSR count). The highest BCUT2D eigenvalue weighted by Crippen LogP contribution is 2.12. The van der Waals surface area contributed by atoms with Crippen LogP contribution in [0.1, 0.15) is 12.5 Å². The number of nitrogens with two attached hydrogens (primary N) is 1. The molecule has 0 heterocycles. The highest BCUT2D eigenvalue weighted by Gasteiger charge is 2.14. The van der Waals surface area contributed by atoms with E-state index in [1.54, 1.807) is 0 Å². The van der Waals surface area contributed by atoms with Crippen LogP contribution in [0, 0.1) is 0 Å². The van der Waals surface area contributed by atoms with E-state index in [9.17, 15) is 4.79 Å². The second kappa shape index (κ2) is 7.68. The zero-order valence-corrected chi connectivity index (χ0v) is 10.6. The van der Waals surface area contributed by atoms with Gasteiger partial charge in [-0.15, -0.1) is 0 Å². The van der Waals surface area contributed by atoms with E-state index < -0.39 is 11.9 Å². The van der Waals surface area contributed by atoms with Crippen molar-refractivity contribution in [2.75, 3.05) is 19.8 Å². The molecule has 1 unspecified atom stereocenters. The first-order valence-electron chi connectivity index (χ1n) is 6.02. The molecule has 1 atom stereocenters. The summed E-state index contributed by atoms with van der Waals surface area (Å²) in [6, 6.07) is 6.92. The van der Waals surface area contributed by atoms with Gasteiger partial charge >= 0.3 is 0 Å². The average Bonchev–Trinajstić information content (AvgIpc) is 2.36. The first kappa shape index (κ1) is 14.5. The van der Waals surface area contributed by atoms with Crippen LogP contribution < -0.4 is 15.8 Å². The minimum Gasteiger partial charge on any atom is -0.491 e. The Balaban J connectivity index is 2.48. The SMILES string of the molecule is CCNC(COc1ccc(CCO)cc1)C(N)=O. The smallest absolute Gasteiger partial charge is 0.238 e. The van der Waals surface area contributed by atoms with Crippen molar-refractivity contribution in [3.05, 3.63) is 29.8 Å². The molecule has 0 aromatic heterocycles. The normalized spacial score (nSPS) is 12.1. The highest BCUT2D eigenvalue weighted by molar-refractivity contribution is 5.80. The van der Waals surface area contributed by atoms with E-state index >= 15 is 0 Å². The summed E-state index contributed by atoms with van der Waals surface area (Å²) in [6.45, 7) is 2.90. The van der Waals surface area contributed by atoms with Gasteiger partial charge in [0.1, 0.15) is 18.4 Å². The molecular weight excluding hydrogens is 232 g/mol. The van der Waals surface area contributed by atoms with E-state index in [1.165, 1.54) is 0 Å². The summed E-state index contributed by atoms with van der Waals surface area (Å²) in [6.07, 6.45) is 0.627. The van der Waals surface area contributed by atoms with Gasteiger partial charge in [0.05, 0.1) is 0 Å². The van der Waals surface area contributed by atoms with Crippen LogP contribution in [0.2, 0.25) is 0 Å². The monoisotopic (exact) mass is 252 g/mol. The fraction of sp³-hybridized carbons (Fsp3) is 0.462. The minimum absolute atomic E-state index is 0.129. The number of amides is 1. The van der Waals surface area contributed by atoms with Gasteiger partial charge in [-0.3, -0.25) is 4.79 Å². The van der Waals surface area contributed by atoms with Gasteiger partial charge in [0.15, 0.2) is 0 Å². The molecule has 0 radical (unpaired) electrons. The number of likely N-dealkylation sites (N-methyl/N-ethyl adjacent to an activating group) is 1. The Morgan fingerprint density at radius 1 is 1.44 bits per heavy atom. The molecule has 0 aliphatic rings. The molecule has 1 aromatic carbocycles. The van der Waals surface area contributed by atoms with Crippen LogP contribution in [0.5, 0.6) is 5.75 Å². The summed E-state index contributed by atoms with van der Waals surface area (Å²) in [5.74, 6) is 0.259. The summed E-state index contributed by atoms with van der Waals surface area (Å²) in [7, 11) is 0. The molecule has 0 bridgehead atoms. The molecule has 0 saturated carbocycles. The van der Waals surface area contributed by atoms with E-state index in [-0.39, 0.29) is 13.2 Å². The molecule has 18 heavy (non-hydrogen) atoms. The predicted octanol–water partition coefficient (Wildman–Crippen LogP) is 0.0636. The largest absolute Gasteiger partial charge is 0.491 e. The first-order valence-corrected chi connectivity index (χ1v) is 6.02. The average molecular weight is 252 g/mol. The van der Waals surface area contributed by atoms with Gasteiger partial charge in [0.25, 0.3) is 0 Å². The van der Waals surface area contributed by atoms with Crippen LogP contribution >= 0.6 is 0 Å². The predicted molar refractivity (Wildman–Crippen MR) is 69.4 cm³/mol. The van der Waals surface area contributed by atoms with Crippen molar-refractivity contribution in [3.63, 3.8) is 0 Å². The van der Waals surface area contributed by atoms with Crippen LogP contribution in [0.4, 0.5) is 0 Å². The minimum atomic E-state index is -0.480. The Kier molecular flexibility index (Phi) is 6.18. The van der Waals surface area contributed by atoms with E-state index in [0.717, 1.165) is 5.56 Å². The number of carbonyl (C=O) groups is 1. The van der Waals surface area contributed by atoms with Gasteiger partial charge in [-0.25, -0.2) is 0 Å². The molecule has 0 aliphatic carbocycles. The molecule has 1 aromatic rings. The molecule has 1 amide bonds. The quantitative estimate of drug-likeness (QED) is 0.611. The molecule has 0 fully saturated rings. The van der Waals surface area contributed by atoms with Crippen molar-refractivity contribution in [3.8, 4) is 5.75 Å². The van der Waals surface area contributed by atoms with Crippen molar-refractivity contribution < 1.29 is 14.6 Å². The van der Waals surface area contributed by atoms with Crippen molar-refractivity contribution >= 4 is 5.91 Å². The van der Waals surface area contributed by atoms with E-state index in [2.05, 4.69) is 5.32 Å². The number of hydrogen-bond donors (Lipinski definition) is 3. The van der Waals surface area contributed by atoms with Gasteiger partial charge in [0.2, 0.25) is 5.91 Å². The van der Waals surface area contributed by atoms with Gasteiger partial charge in [-0.1, -0.05) is 19.1 Å². The number of carbonyl (C=O) groups excluding carboxylic acids is 1. The second-order valence-electron chi connectivity index (χ2n) is 3.94. The van der Waals surface area contributed by atoms with Gasteiger partial charge in [-0.05, 0) is 30.7 Å². The zero-order valence-electron chi connectivity index (χ0n) is 10.6. The number of rotatable bonds is 8. The van der Waals surface area contributed by atoms with Gasteiger partial charge < -0.3 is 20.9 Å². The summed E-state index contributed by atoms with van der Waals surface area (Å²) in [4.78, 5) is 11.1. The molecular formula is C13H20N2O3. The Bertz CT molecular complexity index is 365. The Morgan fingerprint density at radius 2 is 2.11 bits per heavy atom. The molecule has 5 nitrogen and oxygen atoms in total. The topological polar surface area (TPSA) is 84.6 Å². The number of primary amides is 1. The number of benzene rings is 1.